The lowest BCUT2D eigenvalue weighted by atomic mass is 9.96. The molecular weight excluding hydrogens is 569 g/mol. The first-order valence-electron chi connectivity index (χ1n) is 14.0. The third-order valence-electron chi connectivity index (χ3n) is 7.95. The van der Waals surface area contributed by atoms with Crippen LogP contribution in [0.15, 0.2) is 48.9 Å². The van der Waals surface area contributed by atoms with Crippen molar-refractivity contribution < 1.29 is 13.2 Å². The summed E-state index contributed by atoms with van der Waals surface area (Å²) in [6.07, 6.45) is -0.118. The van der Waals surface area contributed by atoms with E-state index in [9.17, 15) is 23.7 Å². The SMILES string of the molecule is Cn1ncc2c(C(Nc3cc(C#N)c4ncc(C#N)c(NCC(C)(C)C)c4c3)c3cn(C4(C(F)(F)F)CC4)nn3)cccc21. The van der Waals surface area contributed by atoms with Crippen molar-refractivity contribution in [2.75, 3.05) is 17.2 Å². The minimum atomic E-state index is -4.47. The van der Waals surface area contributed by atoms with Crippen molar-refractivity contribution >= 4 is 33.2 Å². The smallest absolute Gasteiger partial charge is 0.383 e. The number of nitriles is 2. The molecule has 44 heavy (non-hydrogen) atoms. The van der Waals surface area contributed by atoms with Crippen LogP contribution in [0, 0.1) is 28.1 Å². The largest absolute Gasteiger partial charge is 0.413 e. The lowest BCUT2D eigenvalue weighted by Gasteiger charge is -2.23. The average molecular weight is 599 g/mol. The van der Waals surface area contributed by atoms with Gasteiger partial charge in [-0.2, -0.15) is 28.8 Å². The summed E-state index contributed by atoms with van der Waals surface area (Å²) in [7, 11) is 1.80. The molecule has 3 heterocycles. The molecule has 224 valence electrons. The predicted molar refractivity (Wildman–Crippen MR) is 159 cm³/mol. The molecule has 6 rings (SSSR count). The van der Waals surface area contributed by atoms with Crippen LogP contribution < -0.4 is 10.6 Å². The highest BCUT2D eigenvalue weighted by Crippen LogP contribution is 2.55. The summed E-state index contributed by atoms with van der Waals surface area (Å²) in [6.45, 7) is 6.73. The van der Waals surface area contributed by atoms with Gasteiger partial charge in [0.05, 0.1) is 46.3 Å². The fourth-order valence-corrected chi connectivity index (χ4v) is 5.41. The Hall–Kier alpha value is -5.17. The van der Waals surface area contributed by atoms with Gasteiger partial charge in [0.15, 0.2) is 5.54 Å². The third-order valence-corrected chi connectivity index (χ3v) is 7.95. The zero-order valence-corrected chi connectivity index (χ0v) is 24.5. The highest BCUT2D eigenvalue weighted by atomic mass is 19.4. The van der Waals surface area contributed by atoms with Crippen LogP contribution in [-0.4, -0.2) is 42.5 Å². The van der Waals surface area contributed by atoms with E-state index in [0.717, 1.165) is 15.6 Å². The van der Waals surface area contributed by atoms with Crippen molar-refractivity contribution in [1.82, 2.24) is 29.8 Å². The Morgan fingerprint density at radius 3 is 2.45 bits per heavy atom. The molecule has 2 N–H and O–H groups in total. The van der Waals surface area contributed by atoms with Gasteiger partial charge < -0.3 is 10.6 Å². The molecule has 0 bridgehead atoms. The highest BCUT2D eigenvalue weighted by molar-refractivity contribution is 5.99. The second-order valence-electron chi connectivity index (χ2n) is 12.3. The van der Waals surface area contributed by atoms with Gasteiger partial charge in [-0.05, 0) is 42.0 Å². The fraction of sp³-hybridized carbons (Fsp3) is 0.355. The van der Waals surface area contributed by atoms with E-state index in [-0.39, 0.29) is 29.5 Å². The summed E-state index contributed by atoms with van der Waals surface area (Å²) >= 11 is 0. The quantitative estimate of drug-likeness (QED) is 0.227. The van der Waals surface area contributed by atoms with Crippen LogP contribution in [0.3, 0.4) is 0 Å². The molecule has 0 spiro atoms. The number of nitrogens with zero attached hydrogens (tertiary/aromatic N) is 8. The number of fused-ring (bicyclic) bond motifs is 2. The Bertz CT molecular complexity index is 1980. The average Bonchev–Trinajstić information content (AvgIpc) is 3.52. The number of anilines is 2. The maximum absolute atomic E-state index is 14.0. The summed E-state index contributed by atoms with van der Waals surface area (Å²) in [5.41, 5.74) is 1.69. The first-order valence-corrected chi connectivity index (χ1v) is 14.0. The van der Waals surface area contributed by atoms with Crippen molar-refractivity contribution in [1.29, 1.82) is 10.5 Å². The molecule has 13 heteroatoms. The van der Waals surface area contributed by atoms with Crippen molar-refractivity contribution in [3.05, 3.63) is 71.3 Å². The van der Waals surface area contributed by atoms with Crippen molar-refractivity contribution in [3.63, 3.8) is 0 Å². The Labute approximate surface area is 251 Å². The van der Waals surface area contributed by atoms with Crippen LogP contribution in [0.4, 0.5) is 24.5 Å². The van der Waals surface area contributed by atoms with E-state index in [0.29, 0.717) is 39.9 Å². The first kappa shape index (κ1) is 28.9. The van der Waals surface area contributed by atoms with E-state index in [1.54, 1.807) is 30.1 Å². The van der Waals surface area contributed by atoms with E-state index < -0.39 is 17.8 Å². The van der Waals surface area contributed by atoms with Crippen LogP contribution in [0.5, 0.6) is 0 Å². The number of benzene rings is 2. The van der Waals surface area contributed by atoms with Crippen molar-refractivity contribution in [2.45, 2.75) is 51.4 Å². The molecule has 0 radical (unpaired) electrons. The van der Waals surface area contributed by atoms with E-state index in [1.165, 1.54) is 12.4 Å². The van der Waals surface area contributed by atoms with Gasteiger partial charge in [0.2, 0.25) is 0 Å². The molecule has 2 aromatic carbocycles. The molecule has 1 saturated carbocycles. The number of nitrogens with one attached hydrogen (secondary N) is 2. The third kappa shape index (κ3) is 4.94. The molecule has 1 unspecified atom stereocenters. The molecule has 0 saturated heterocycles. The number of rotatable bonds is 7. The number of hydrogen-bond acceptors (Lipinski definition) is 8. The second kappa shape index (κ2) is 10.2. The number of aromatic nitrogens is 6. The molecular formula is C31H29F3N10. The van der Waals surface area contributed by atoms with Gasteiger partial charge in [-0.25, -0.2) is 4.68 Å². The summed E-state index contributed by atoms with van der Waals surface area (Å²) < 4.78 is 44.5. The summed E-state index contributed by atoms with van der Waals surface area (Å²) in [4.78, 5) is 4.41. The Balaban J connectivity index is 1.51. The number of alkyl halides is 3. The molecule has 10 nitrogen and oxygen atoms in total. The predicted octanol–water partition coefficient (Wildman–Crippen LogP) is 6.17. The van der Waals surface area contributed by atoms with Gasteiger partial charge in [-0.3, -0.25) is 9.67 Å². The molecule has 1 atom stereocenters. The maximum atomic E-state index is 14.0. The maximum Gasteiger partial charge on any atom is 0.413 e. The van der Waals surface area contributed by atoms with Gasteiger partial charge in [0.25, 0.3) is 0 Å². The van der Waals surface area contributed by atoms with Gasteiger partial charge in [-0.1, -0.05) is 38.1 Å². The number of hydrogen-bond donors (Lipinski definition) is 2. The highest BCUT2D eigenvalue weighted by Gasteiger charge is 2.66. The minimum Gasteiger partial charge on any atom is -0.383 e. The number of pyridine rings is 1. The van der Waals surface area contributed by atoms with Crippen LogP contribution in [0.1, 0.15) is 62.0 Å². The van der Waals surface area contributed by atoms with Gasteiger partial charge >= 0.3 is 6.18 Å². The van der Waals surface area contributed by atoms with Gasteiger partial charge in [0.1, 0.15) is 17.8 Å². The number of aryl methyl sites for hydroxylation is 1. The first-order chi connectivity index (χ1) is 20.8. The topological polar surface area (TPSA) is 133 Å². The van der Waals surface area contributed by atoms with Crippen LogP contribution >= 0.6 is 0 Å². The second-order valence-corrected chi connectivity index (χ2v) is 12.3. The van der Waals surface area contributed by atoms with Crippen molar-refractivity contribution in [2.24, 2.45) is 12.5 Å². The van der Waals surface area contributed by atoms with Crippen LogP contribution in [0.2, 0.25) is 0 Å². The molecule has 0 amide bonds. The van der Waals surface area contributed by atoms with Gasteiger partial charge in [-0.15, -0.1) is 5.10 Å². The molecule has 1 aliphatic rings. The fourth-order valence-electron chi connectivity index (χ4n) is 5.41. The van der Waals surface area contributed by atoms with Crippen LogP contribution in [0.25, 0.3) is 21.8 Å². The Morgan fingerprint density at radius 1 is 1.05 bits per heavy atom. The van der Waals surface area contributed by atoms with E-state index in [1.807, 2.05) is 18.2 Å². The van der Waals surface area contributed by atoms with Crippen LogP contribution in [-0.2, 0) is 12.6 Å². The standard InChI is InChI=1S/C31H29F3N10/c1-29(2,3)17-38-27-19(13-36)14-37-26-18(12-35)10-20(11-22(26)27)40-28(21-6-5-7-25-23(21)15-39-43(25)4)24-16-44(42-41-24)30(8-9-30)31(32,33)34/h5-7,10-11,14-16,28,40H,8-9,17H2,1-4H3,(H,37,38). The molecule has 3 aromatic heterocycles. The van der Waals surface area contributed by atoms with Crippen molar-refractivity contribution in [3.8, 4) is 12.1 Å². The van der Waals surface area contributed by atoms with E-state index >= 15 is 0 Å². The lowest BCUT2D eigenvalue weighted by Crippen LogP contribution is -2.35. The summed E-state index contributed by atoms with van der Waals surface area (Å²) in [5, 5.41) is 40.6. The minimum absolute atomic E-state index is 0.0651. The summed E-state index contributed by atoms with van der Waals surface area (Å²) in [6, 6.07) is 12.6. The molecule has 5 aromatic rings. The zero-order valence-electron chi connectivity index (χ0n) is 24.5. The monoisotopic (exact) mass is 598 g/mol. The van der Waals surface area contributed by atoms with Gasteiger partial charge in [0, 0.05) is 36.2 Å². The zero-order chi connectivity index (χ0) is 31.4. The number of halogens is 3. The summed E-state index contributed by atoms with van der Waals surface area (Å²) in [5.74, 6) is 0. The Morgan fingerprint density at radius 2 is 1.80 bits per heavy atom. The molecule has 1 aliphatic carbocycles. The normalized spacial score (nSPS) is 15.1. The Kier molecular flexibility index (Phi) is 6.72. The molecule has 0 aliphatic heterocycles. The lowest BCUT2D eigenvalue weighted by molar-refractivity contribution is -0.182. The van der Waals surface area contributed by atoms with E-state index in [2.05, 4.69) is 63.9 Å². The molecule has 1 fully saturated rings. The van der Waals surface area contributed by atoms with E-state index in [4.69, 9.17) is 0 Å².